The number of rotatable bonds is 5. The van der Waals surface area contributed by atoms with Crippen LogP contribution in [0.25, 0.3) is 0 Å². The molecular formula is C15H18N2O4. The van der Waals surface area contributed by atoms with Gasteiger partial charge in [-0.3, -0.25) is 4.79 Å². The van der Waals surface area contributed by atoms with Gasteiger partial charge >= 0.3 is 12.0 Å². The number of aliphatic carboxylic acids is 1. The quantitative estimate of drug-likeness (QED) is 0.799. The maximum Gasteiger partial charge on any atom is 0.327 e. The summed E-state index contributed by atoms with van der Waals surface area (Å²) in [7, 11) is 0. The number of hydrogen-bond donors (Lipinski definition) is 2. The molecule has 1 aliphatic heterocycles. The normalized spacial score (nSPS) is 19.8. The minimum Gasteiger partial charge on any atom is -0.480 e. The molecule has 1 aromatic carbocycles. The van der Waals surface area contributed by atoms with Crippen LogP contribution < -0.4 is 5.32 Å². The molecule has 0 radical (unpaired) electrons. The molecule has 6 nitrogen and oxygen atoms in total. The Balaban J connectivity index is 2.18. The van der Waals surface area contributed by atoms with E-state index in [2.05, 4.69) is 5.32 Å². The Morgan fingerprint density at radius 1 is 1.29 bits per heavy atom. The molecule has 3 amide bonds. The first-order chi connectivity index (χ1) is 9.91. The molecule has 0 saturated carbocycles. The molecular weight excluding hydrogens is 272 g/mol. The van der Waals surface area contributed by atoms with E-state index in [1.807, 2.05) is 30.3 Å². The van der Waals surface area contributed by atoms with E-state index in [0.717, 1.165) is 10.5 Å². The van der Waals surface area contributed by atoms with Crippen molar-refractivity contribution in [1.29, 1.82) is 0 Å². The van der Waals surface area contributed by atoms with E-state index in [1.165, 1.54) is 0 Å². The third-order valence-electron chi connectivity index (χ3n) is 3.50. The highest BCUT2D eigenvalue weighted by molar-refractivity contribution is 6.07. The molecule has 1 saturated heterocycles. The number of imide groups is 1. The van der Waals surface area contributed by atoms with Gasteiger partial charge < -0.3 is 10.4 Å². The van der Waals surface area contributed by atoms with Crippen LogP contribution in [0.1, 0.15) is 19.4 Å². The number of amides is 3. The summed E-state index contributed by atoms with van der Waals surface area (Å²) in [5, 5.41) is 11.8. The number of nitrogens with one attached hydrogen (secondary N) is 1. The van der Waals surface area contributed by atoms with Gasteiger partial charge in [0.2, 0.25) is 0 Å². The van der Waals surface area contributed by atoms with Gasteiger partial charge in [0.15, 0.2) is 0 Å². The van der Waals surface area contributed by atoms with Crippen LogP contribution in [0.15, 0.2) is 30.3 Å². The molecule has 2 atom stereocenters. The van der Waals surface area contributed by atoms with E-state index in [4.69, 9.17) is 0 Å². The smallest absolute Gasteiger partial charge is 0.327 e. The van der Waals surface area contributed by atoms with E-state index in [1.54, 1.807) is 13.8 Å². The highest BCUT2D eigenvalue weighted by atomic mass is 16.4. The number of carboxylic acid groups (broad SMARTS) is 1. The Labute approximate surface area is 122 Å². The Morgan fingerprint density at radius 3 is 2.43 bits per heavy atom. The average molecular weight is 290 g/mol. The molecule has 6 heteroatoms. The predicted molar refractivity (Wildman–Crippen MR) is 75.6 cm³/mol. The van der Waals surface area contributed by atoms with Crippen molar-refractivity contribution in [3.8, 4) is 0 Å². The van der Waals surface area contributed by atoms with E-state index in [0.29, 0.717) is 6.42 Å². The van der Waals surface area contributed by atoms with Crippen molar-refractivity contribution in [1.82, 2.24) is 10.2 Å². The number of benzene rings is 1. The van der Waals surface area contributed by atoms with Gasteiger partial charge in [0.25, 0.3) is 5.91 Å². The van der Waals surface area contributed by atoms with Gasteiger partial charge in [-0.2, -0.15) is 0 Å². The monoisotopic (exact) mass is 290 g/mol. The maximum absolute atomic E-state index is 12.3. The van der Waals surface area contributed by atoms with Crippen molar-refractivity contribution in [2.75, 3.05) is 0 Å². The third kappa shape index (κ3) is 3.04. The Bertz CT molecular complexity index is 556. The highest BCUT2D eigenvalue weighted by Gasteiger charge is 2.45. The molecule has 1 heterocycles. The van der Waals surface area contributed by atoms with Crippen LogP contribution in [-0.2, 0) is 16.0 Å². The second-order valence-electron chi connectivity index (χ2n) is 5.43. The molecule has 112 valence electrons. The molecule has 1 fully saturated rings. The molecule has 2 rings (SSSR count). The van der Waals surface area contributed by atoms with Gasteiger partial charge in [-0.1, -0.05) is 44.2 Å². The van der Waals surface area contributed by atoms with Gasteiger partial charge in [-0.15, -0.1) is 0 Å². The summed E-state index contributed by atoms with van der Waals surface area (Å²) >= 11 is 0. The fourth-order valence-corrected chi connectivity index (χ4v) is 2.49. The Hall–Kier alpha value is -2.37. The van der Waals surface area contributed by atoms with Crippen LogP contribution >= 0.6 is 0 Å². The van der Waals surface area contributed by atoms with Crippen LogP contribution in [0, 0.1) is 5.92 Å². The van der Waals surface area contributed by atoms with E-state index in [-0.39, 0.29) is 5.92 Å². The van der Waals surface area contributed by atoms with Crippen LogP contribution in [0.4, 0.5) is 4.79 Å². The number of hydrogen-bond acceptors (Lipinski definition) is 3. The summed E-state index contributed by atoms with van der Waals surface area (Å²) < 4.78 is 0. The first-order valence-corrected chi connectivity index (χ1v) is 6.82. The van der Waals surface area contributed by atoms with Crippen molar-refractivity contribution in [2.24, 2.45) is 5.92 Å². The summed E-state index contributed by atoms with van der Waals surface area (Å²) in [4.78, 5) is 36.5. The molecule has 1 aliphatic rings. The van der Waals surface area contributed by atoms with Crippen LogP contribution in [-0.4, -0.2) is 40.0 Å². The molecule has 0 unspecified atom stereocenters. The molecule has 0 bridgehead atoms. The first-order valence-electron chi connectivity index (χ1n) is 6.82. The first kappa shape index (κ1) is 15.0. The standard InChI is InChI=1S/C15H18N2O4/c1-9(2)12(14(19)20)17-13(18)11(16-15(17)21)8-10-6-4-3-5-7-10/h3-7,9,11-12H,8H2,1-2H3,(H,16,21)(H,19,20)/t11-,12-/m0/s1. The van der Waals surface area contributed by atoms with Gasteiger partial charge in [0.05, 0.1) is 0 Å². The van der Waals surface area contributed by atoms with E-state index >= 15 is 0 Å². The minimum absolute atomic E-state index is 0.354. The Kier molecular flexibility index (Phi) is 4.26. The van der Waals surface area contributed by atoms with Gasteiger partial charge in [-0.05, 0) is 11.5 Å². The number of urea groups is 1. The van der Waals surface area contributed by atoms with Gasteiger partial charge in [0, 0.05) is 6.42 Å². The lowest BCUT2D eigenvalue weighted by molar-refractivity contribution is -0.148. The molecule has 0 aliphatic carbocycles. The number of carboxylic acids is 1. The summed E-state index contributed by atoms with van der Waals surface area (Å²) in [5.41, 5.74) is 0.912. The molecule has 21 heavy (non-hydrogen) atoms. The molecule has 2 N–H and O–H groups in total. The fourth-order valence-electron chi connectivity index (χ4n) is 2.49. The SMILES string of the molecule is CC(C)[C@@H](C(=O)O)N1C(=O)N[C@@H](Cc2ccccc2)C1=O. The average Bonchev–Trinajstić information content (AvgIpc) is 2.67. The zero-order chi connectivity index (χ0) is 15.6. The van der Waals surface area contributed by atoms with Gasteiger partial charge in [0.1, 0.15) is 12.1 Å². The Morgan fingerprint density at radius 2 is 1.90 bits per heavy atom. The molecule has 0 spiro atoms. The van der Waals surface area contributed by atoms with Crippen LogP contribution in [0.5, 0.6) is 0 Å². The topological polar surface area (TPSA) is 86.7 Å². The lowest BCUT2D eigenvalue weighted by Gasteiger charge is -2.24. The minimum atomic E-state index is -1.17. The zero-order valence-corrected chi connectivity index (χ0v) is 11.9. The van der Waals surface area contributed by atoms with Crippen molar-refractivity contribution < 1.29 is 19.5 Å². The summed E-state index contributed by atoms with van der Waals surface area (Å²) in [5.74, 6) is -2.01. The van der Waals surface area contributed by atoms with Crippen molar-refractivity contribution >= 4 is 17.9 Å². The lowest BCUT2D eigenvalue weighted by Crippen LogP contribution is -2.48. The van der Waals surface area contributed by atoms with Crippen LogP contribution in [0.3, 0.4) is 0 Å². The van der Waals surface area contributed by atoms with Crippen molar-refractivity contribution in [2.45, 2.75) is 32.4 Å². The van der Waals surface area contributed by atoms with Crippen molar-refractivity contribution in [3.63, 3.8) is 0 Å². The predicted octanol–water partition coefficient (Wildman–Crippen LogP) is 1.26. The van der Waals surface area contributed by atoms with Gasteiger partial charge in [-0.25, -0.2) is 14.5 Å². The van der Waals surface area contributed by atoms with E-state index < -0.39 is 30.0 Å². The van der Waals surface area contributed by atoms with Crippen LogP contribution in [0.2, 0.25) is 0 Å². The van der Waals surface area contributed by atoms with Crippen molar-refractivity contribution in [3.05, 3.63) is 35.9 Å². The largest absolute Gasteiger partial charge is 0.480 e. The third-order valence-corrected chi connectivity index (χ3v) is 3.50. The highest BCUT2D eigenvalue weighted by Crippen LogP contribution is 2.19. The molecule has 0 aromatic heterocycles. The second kappa shape index (κ2) is 5.95. The fraction of sp³-hybridized carbons (Fsp3) is 0.400. The summed E-state index contributed by atoms with van der Waals surface area (Å²) in [6.45, 7) is 3.34. The zero-order valence-electron chi connectivity index (χ0n) is 11.9. The molecule has 1 aromatic rings. The summed E-state index contributed by atoms with van der Waals surface area (Å²) in [6.07, 6.45) is 0.354. The number of nitrogens with zero attached hydrogens (tertiary/aromatic N) is 1. The second-order valence-corrected chi connectivity index (χ2v) is 5.43. The summed E-state index contributed by atoms with van der Waals surface area (Å²) in [6, 6.07) is 6.80. The van der Waals surface area contributed by atoms with E-state index in [9.17, 15) is 19.5 Å². The number of carbonyl (C=O) groups is 3. The maximum atomic E-state index is 12.3. The lowest BCUT2D eigenvalue weighted by atomic mass is 10.0. The number of carbonyl (C=O) groups excluding carboxylic acids is 2.